The quantitative estimate of drug-likeness (QED) is 0.791. The predicted molar refractivity (Wildman–Crippen MR) is 80.8 cm³/mol. The summed E-state index contributed by atoms with van der Waals surface area (Å²) in [4.78, 5) is 11.2. The number of aromatic carboxylic acids is 1. The van der Waals surface area contributed by atoms with Gasteiger partial charge in [0.1, 0.15) is 0 Å². The number of carboxylic acids is 1. The monoisotopic (exact) mass is 359 g/mol. The molecule has 0 aliphatic heterocycles. The van der Waals surface area contributed by atoms with Crippen molar-refractivity contribution in [1.82, 2.24) is 0 Å². The summed E-state index contributed by atoms with van der Waals surface area (Å²) in [6, 6.07) is 9.88. The van der Waals surface area contributed by atoms with Crippen molar-refractivity contribution in [2.75, 3.05) is 5.32 Å². The second kappa shape index (κ2) is 5.82. The fraction of sp³-hybridized carbons (Fsp3) is 0. The molecule has 0 heterocycles. The summed E-state index contributed by atoms with van der Waals surface area (Å²) in [6.45, 7) is 0. The van der Waals surface area contributed by atoms with Crippen LogP contribution in [0, 0.1) is 0 Å². The molecule has 6 heteroatoms. The zero-order chi connectivity index (χ0) is 14.0. The summed E-state index contributed by atoms with van der Waals surface area (Å²) < 4.78 is 0.838. The third-order valence-electron chi connectivity index (χ3n) is 2.41. The summed E-state index contributed by atoms with van der Waals surface area (Å²) in [5.74, 6) is -1.06. The van der Waals surface area contributed by atoms with Gasteiger partial charge in [-0.15, -0.1) is 0 Å². The van der Waals surface area contributed by atoms with Crippen LogP contribution in [0.1, 0.15) is 10.4 Å². The Morgan fingerprint density at radius 1 is 1.11 bits per heavy atom. The molecule has 0 unspecified atom stereocenters. The first-order chi connectivity index (χ1) is 8.97. The zero-order valence-corrected chi connectivity index (χ0v) is 12.6. The standard InChI is InChI=1S/C13H8BrCl2NO2/c14-7-1-3-10(16)12(5-7)17-11-4-2-8(15)6-9(11)13(18)19/h1-6,17H,(H,18,19). The molecule has 19 heavy (non-hydrogen) atoms. The second-order valence-corrected chi connectivity index (χ2v) is 5.50. The number of hydrogen-bond acceptors (Lipinski definition) is 2. The molecule has 0 radical (unpaired) electrons. The van der Waals surface area contributed by atoms with Crippen LogP contribution in [-0.2, 0) is 0 Å². The lowest BCUT2D eigenvalue weighted by atomic mass is 10.1. The minimum Gasteiger partial charge on any atom is -0.478 e. The number of halogens is 3. The number of carbonyl (C=O) groups is 1. The number of nitrogens with one attached hydrogen (secondary N) is 1. The van der Waals surface area contributed by atoms with Crippen molar-refractivity contribution in [1.29, 1.82) is 0 Å². The Kier molecular flexibility index (Phi) is 4.34. The smallest absolute Gasteiger partial charge is 0.337 e. The van der Waals surface area contributed by atoms with E-state index in [0.29, 0.717) is 21.4 Å². The highest BCUT2D eigenvalue weighted by atomic mass is 79.9. The van der Waals surface area contributed by atoms with Gasteiger partial charge in [0.25, 0.3) is 0 Å². The van der Waals surface area contributed by atoms with Gasteiger partial charge in [0.2, 0.25) is 0 Å². The van der Waals surface area contributed by atoms with Gasteiger partial charge < -0.3 is 10.4 Å². The van der Waals surface area contributed by atoms with E-state index in [0.717, 1.165) is 4.47 Å². The summed E-state index contributed by atoms with van der Waals surface area (Å²) in [5, 5.41) is 13.0. The fourth-order valence-electron chi connectivity index (χ4n) is 1.54. The van der Waals surface area contributed by atoms with E-state index in [2.05, 4.69) is 21.2 Å². The molecule has 0 spiro atoms. The Morgan fingerprint density at radius 3 is 2.53 bits per heavy atom. The average molecular weight is 361 g/mol. The van der Waals surface area contributed by atoms with Crippen LogP contribution in [0.15, 0.2) is 40.9 Å². The van der Waals surface area contributed by atoms with Crippen molar-refractivity contribution < 1.29 is 9.90 Å². The molecule has 0 aromatic heterocycles. The van der Waals surface area contributed by atoms with E-state index in [1.54, 1.807) is 30.3 Å². The molecule has 2 aromatic rings. The maximum atomic E-state index is 11.2. The summed E-state index contributed by atoms with van der Waals surface area (Å²) >= 11 is 15.2. The Bertz CT molecular complexity index is 647. The number of rotatable bonds is 3. The second-order valence-electron chi connectivity index (χ2n) is 3.74. The van der Waals surface area contributed by atoms with Crippen LogP contribution < -0.4 is 5.32 Å². The zero-order valence-electron chi connectivity index (χ0n) is 9.45. The van der Waals surface area contributed by atoms with E-state index in [9.17, 15) is 4.79 Å². The molecule has 2 N–H and O–H groups in total. The molecule has 98 valence electrons. The molecule has 0 bridgehead atoms. The van der Waals surface area contributed by atoms with E-state index in [1.165, 1.54) is 6.07 Å². The highest BCUT2D eigenvalue weighted by Gasteiger charge is 2.12. The van der Waals surface area contributed by atoms with Crippen LogP contribution in [0.2, 0.25) is 10.0 Å². The average Bonchev–Trinajstić information content (AvgIpc) is 2.35. The first-order valence-corrected chi connectivity index (χ1v) is 6.77. The van der Waals surface area contributed by atoms with Gasteiger partial charge in [-0.1, -0.05) is 39.1 Å². The van der Waals surface area contributed by atoms with E-state index in [1.807, 2.05) is 0 Å². The van der Waals surface area contributed by atoms with Gasteiger partial charge in [-0.3, -0.25) is 0 Å². The first kappa shape index (κ1) is 14.2. The van der Waals surface area contributed by atoms with Crippen molar-refractivity contribution in [3.63, 3.8) is 0 Å². The van der Waals surface area contributed by atoms with Crippen LogP contribution in [0.4, 0.5) is 11.4 Å². The molecular formula is C13H8BrCl2NO2. The molecule has 0 saturated carbocycles. The molecule has 2 rings (SSSR count). The molecular weight excluding hydrogens is 353 g/mol. The van der Waals surface area contributed by atoms with Crippen LogP contribution in [0.25, 0.3) is 0 Å². The first-order valence-electron chi connectivity index (χ1n) is 5.22. The minimum absolute atomic E-state index is 0.0866. The predicted octanol–water partition coefficient (Wildman–Crippen LogP) is 5.20. The molecule has 3 nitrogen and oxygen atoms in total. The Morgan fingerprint density at radius 2 is 1.84 bits per heavy atom. The van der Waals surface area contributed by atoms with Gasteiger partial charge in [0, 0.05) is 9.50 Å². The third-order valence-corrected chi connectivity index (χ3v) is 3.47. The molecule has 0 amide bonds. The van der Waals surface area contributed by atoms with Crippen molar-refractivity contribution in [2.45, 2.75) is 0 Å². The van der Waals surface area contributed by atoms with Crippen LogP contribution in [-0.4, -0.2) is 11.1 Å². The SMILES string of the molecule is O=C(O)c1cc(Cl)ccc1Nc1cc(Br)ccc1Cl. The fourth-order valence-corrected chi connectivity index (χ4v) is 2.24. The lowest BCUT2D eigenvalue weighted by Gasteiger charge is -2.11. The number of anilines is 2. The molecule has 0 fully saturated rings. The number of benzene rings is 2. The van der Waals surface area contributed by atoms with Crippen LogP contribution in [0.3, 0.4) is 0 Å². The Labute approximate surface area is 128 Å². The molecule has 0 aliphatic rings. The molecule has 2 aromatic carbocycles. The third kappa shape index (κ3) is 3.41. The van der Waals surface area contributed by atoms with Crippen molar-refractivity contribution in [3.8, 4) is 0 Å². The van der Waals surface area contributed by atoms with Crippen molar-refractivity contribution in [2.24, 2.45) is 0 Å². The van der Waals surface area contributed by atoms with Gasteiger partial charge in [-0.25, -0.2) is 4.79 Å². The molecule has 0 saturated heterocycles. The lowest BCUT2D eigenvalue weighted by Crippen LogP contribution is -2.03. The summed E-state index contributed by atoms with van der Waals surface area (Å²) in [5.41, 5.74) is 1.13. The number of carboxylic acid groups (broad SMARTS) is 1. The summed E-state index contributed by atoms with van der Waals surface area (Å²) in [6.07, 6.45) is 0. The van der Waals surface area contributed by atoms with Crippen molar-refractivity contribution in [3.05, 3.63) is 56.5 Å². The van der Waals surface area contributed by atoms with E-state index in [4.69, 9.17) is 28.3 Å². The Hall–Kier alpha value is -1.23. The number of hydrogen-bond donors (Lipinski definition) is 2. The van der Waals surface area contributed by atoms with Gasteiger partial charge in [0.15, 0.2) is 0 Å². The highest BCUT2D eigenvalue weighted by molar-refractivity contribution is 9.10. The Balaban J connectivity index is 2.43. The van der Waals surface area contributed by atoms with Crippen LogP contribution in [0.5, 0.6) is 0 Å². The van der Waals surface area contributed by atoms with Crippen molar-refractivity contribution >= 4 is 56.5 Å². The normalized spacial score (nSPS) is 10.3. The maximum absolute atomic E-state index is 11.2. The van der Waals surface area contributed by atoms with E-state index < -0.39 is 5.97 Å². The van der Waals surface area contributed by atoms with Crippen LogP contribution >= 0.6 is 39.1 Å². The van der Waals surface area contributed by atoms with E-state index in [-0.39, 0.29) is 5.56 Å². The topological polar surface area (TPSA) is 49.3 Å². The van der Waals surface area contributed by atoms with E-state index >= 15 is 0 Å². The lowest BCUT2D eigenvalue weighted by molar-refractivity contribution is 0.0698. The van der Waals surface area contributed by atoms with Gasteiger partial charge in [-0.05, 0) is 36.4 Å². The molecule has 0 aliphatic carbocycles. The highest BCUT2D eigenvalue weighted by Crippen LogP contribution is 2.31. The maximum Gasteiger partial charge on any atom is 0.337 e. The summed E-state index contributed by atoms with van der Waals surface area (Å²) in [7, 11) is 0. The minimum atomic E-state index is -1.06. The van der Waals surface area contributed by atoms with Gasteiger partial charge in [0.05, 0.1) is 22.0 Å². The molecule has 0 atom stereocenters. The van der Waals surface area contributed by atoms with Gasteiger partial charge in [-0.2, -0.15) is 0 Å². The van der Waals surface area contributed by atoms with Gasteiger partial charge >= 0.3 is 5.97 Å². The largest absolute Gasteiger partial charge is 0.478 e.